The van der Waals surface area contributed by atoms with Crippen molar-refractivity contribution in [3.63, 3.8) is 0 Å². The van der Waals surface area contributed by atoms with Gasteiger partial charge in [0.2, 0.25) is 5.91 Å². The van der Waals surface area contributed by atoms with E-state index in [2.05, 4.69) is 39.8 Å². The zero-order valence-electron chi connectivity index (χ0n) is 17.1. The Bertz CT molecular complexity index is 988. The lowest BCUT2D eigenvalue weighted by Gasteiger charge is -2.12. The van der Waals surface area contributed by atoms with Crippen molar-refractivity contribution in [3.05, 3.63) is 41.9 Å². The minimum absolute atomic E-state index is 0.179. The zero-order valence-corrected chi connectivity index (χ0v) is 17.1. The van der Waals surface area contributed by atoms with Gasteiger partial charge in [-0.1, -0.05) is 37.5 Å². The topological polar surface area (TPSA) is 84.7 Å². The summed E-state index contributed by atoms with van der Waals surface area (Å²) in [6.45, 7) is 5.30. The quantitative estimate of drug-likeness (QED) is 0.602. The lowest BCUT2D eigenvalue weighted by molar-refractivity contribution is -0.124. The molecular weight excluding hydrogens is 364 g/mol. The lowest BCUT2D eigenvalue weighted by Crippen LogP contribution is -2.33. The molecule has 7 heteroatoms. The Morgan fingerprint density at radius 2 is 1.90 bits per heavy atom. The number of aromatic nitrogens is 4. The normalized spacial score (nSPS) is 14.4. The number of fused-ring (bicyclic) bond motifs is 1. The van der Waals surface area contributed by atoms with E-state index >= 15 is 0 Å². The van der Waals surface area contributed by atoms with E-state index in [1.54, 1.807) is 6.20 Å². The average Bonchev–Trinajstić information content (AvgIpc) is 3.41. The third-order valence-electron chi connectivity index (χ3n) is 5.51. The maximum absolute atomic E-state index is 12.2. The monoisotopic (exact) mass is 392 g/mol. The molecule has 0 bridgehead atoms. The van der Waals surface area contributed by atoms with E-state index in [4.69, 9.17) is 4.98 Å². The average molecular weight is 393 g/mol. The van der Waals surface area contributed by atoms with Gasteiger partial charge in [-0.3, -0.25) is 4.79 Å². The molecule has 1 aliphatic carbocycles. The lowest BCUT2D eigenvalue weighted by atomic mass is 10.1. The molecule has 0 unspecified atom stereocenters. The Labute approximate surface area is 170 Å². The van der Waals surface area contributed by atoms with Crippen LogP contribution in [0.25, 0.3) is 16.7 Å². The molecule has 1 aromatic carbocycles. The van der Waals surface area contributed by atoms with Crippen LogP contribution in [-0.2, 0) is 11.2 Å². The Morgan fingerprint density at radius 1 is 1.14 bits per heavy atom. The maximum atomic E-state index is 12.2. The van der Waals surface area contributed by atoms with Crippen LogP contribution in [0.3, 0.4) is 0 Å². The van der Waals surface area contributed by atoms with E-state index in [0.29, 0.717) is 13.1 Å². The van der Waals surface area contributed by atoms with Crippen LogP contribution in [-0.4, -0.2) is 38.7 Å². The van der Waals surface area contributed by atoms with Crippen molar-refractivity contribution in [1.82, 2.24) is 25.1 Å². The molecule has 0 atom stereocenters. The molecule has 0 radical (unpaired) electrons. The fraction of sp³-hybridized carbons (Fsp3) is 0.455. The second-order valence-electron chi connectivity index (χ2n) is 7.67. The largest absolute Gasteiger partial charge is 0.368 e. The number of aryl methyl sites for hydroxylation is 2. The first kappa shape index (κ1) is 19.4. The number of anilines is 1. The van der Waals surface area contributed by atoms with Gasteiger partial charge in [-0.15, -0.1) is 0 Å². The van der Waals surface area contributed by atoms with Gasteiger partial charge in [0.05, 0.1) is 17.3 Å². The first-order valence-corrected chi connectivity index (χ1v) is 10.5. The molecule has 2 aromatic heterocycles. The van der Waals surface area contributed by atoms with Gasteiger partial charge < -0.3 is 10.6 Å². The van der Waals surface area contributed by atoms with Crippen LogP contribution >= 0.6 is 0 Å². The molecule has 2 heterocycles. The summed E-state index contributed by atoms with van der Waals surface area (Å²) in [6, 6.07) is 8.22. The molecule has 2 N–H and O–H groups in total. The molecular formula is C22H28N6O. The summed E-state index contributed by atoms with van der Waals surface area (Å²) in [5.41, 5.74) is 2.97. The van der Waals surface area contributed by atoms with Crippen molar-refractivity contribution < 1.29 is 4.79 Å². The fourth-order valence-electron chi connectivity index (χ4n) is 3.82. The molecule has 29 heavy (non-hydrogen) atoms. The Hall–Kier alpha value is -2.96. The minimum atomic E-state index is 0.179. The summed E-state index contributed by atoms with van der Waals surface area (Å²) in [7, 11) is 0. The number of carbonyl (C=O) groups excluding carboxylic acids is 1. The van der Waals surface area contributed by atoms with Gasteiger partial charge in [-0.25, -0.2) is 14.6 Å². The molecule has 1 amide bonds. The second kappa shape index (κ2) is 8.59. The molecule has 0 spiro atoms. The van der Waals surface area contributed by atoms with Crippen molar-refractivity contribution in [2.45, 2.75) is 46.0 Å². The van der Waals surface area contributed by atoms with Gasteiger partial charge in [-0.05, 0) is 31.9 Å². The number of hydrogen-bond acceptors (Lipinski definition) is 5. The van der Waals surface area contributed by atoms with Crippen molar-refractivity contribution in [3.8, 4) is 5.69 Å². The first-order chi connectivity index (χ1) is 14.2. The fourth-order valence-corrected chi connectivity index (χ4v) is 3.82. The van der Waals surface area contributed by atoms with Gasteiger partial charge in [0.25, 0.3) is 0 Å². The van der Waals surface area contributed by atoms with Crippen LogP contribution in [0, 0.1) is 12.8 Å². The van der Waals surface area contributed by atoms with Gasteiger partial charge >= 0.3 is 0 Å². The van der Waals surface area contributed by atoms with E-state index < -0.39 is 0 Å². The minimum Gasteiger partial charge on any atom is -0.368 e. The van der Waals surface area contributed by atoms with Gasteiger partial charge in [-0.2, -0.15) is 5.10 Å². The predicted molar refractivity (Wildman–Crippen MR) is 114 cm³/mol. The van der Waals surface area contributed by atoms with Crippen molar-refractivity contribution in [2.75, 3.05) is 18.4 Å². The number of nitrogens with zero attached hydrogens (tertiary/aromatic N) is 4. The third kappa shape index (κ3) is 4.23. The van der Waals surface area contributed by atoms with Crippen molar-refractivity contribution in [1.29, 1.82) is 0 Å². The van der Waals surface area contributed by atoms with Crippen molar-refractivity contribution in [2.24, 2.45) is 5.92 Å². The summed E-state index contributed by atoms with van der Waals surface area (Å²) in [4.78, 5) is 21.5. The number of hydrogen-bond donors (Lipinski definition) is 2. The van der Waals surface area contributed by atoms with Gasteiger partial charge in [0, 0.05) is 25.4 Å². The van der Waals surface area contributed by atoms with Crippen molar-refractivity contribution >= 4 is 22.8 Å². The number of nitrogens with one attached hydrogen (secondary N) is 2. The highest BCUT2D eigenvalue weighted by atomic mass is 16.1. The van der Waals surface area contributed by atoms with Crippen LogP contribution in [0.1, 0.15) is 44.0 Å². The van der Waals surface area contributed by atoms with Crippen LogP contribution in [0.15, 0.2) is 30.5 Å². The summed E-state index contributed by atoms with van der Waals surface area (Å²) in [6.07, 6.45) is 6.91. The Balaban J connectivity index is 1.50. The Kier molecular flexibility index (Phi) is 5.74. The smallest absolute Gasteiger partial charge is 0.223 e. The number of carbonyl (C=O) groups is 1. The molecule has 7 nitrogen and oxygen atoms in total. The van der Waals surface area contributed by atoms with E-state index in [9.17, 15) is 4.79 Å². The number of benzene rings is 1. The van der Waals surface area contributed by atoms with Crippen LogP contribution in [0.2, 0.25) is 0 Å². The summed E-state index contributed by atoms with van der Waals surface area (Å²) >= 11 is 0. The van der Waals surface area contributed by atoms with Crippen LogP contribution in [0.5, 0.6) is 0 Å². The maximum Gasteiger partial charge on any atom is 0.223 e. The standard InChI is InChI=1S/C22H28N6O/c1-3-19-26-20(23-12-13-24-22(29)16-6-4-5-7-16)18-14-25-28(21(18)27-19)17-10-8-15(2)9-11-17/h8-11,14,16H,3-7,12-13H2,1-2H3,(H,24,29)(H,23,26,27). The molecule has 0 aliphatic heterocycles. The van der Waals surface area contributed by atoms with E-state index in [-0.39, 0.29) is 11.8 Å². The van der Waals surface area contributed by atoms with E-state index in [1.807, 2.05) is 23.7 Å². The first-order valence-electron chi connectivity index (χ1n) is 10.5. The summed E-state index contributed by atoms with van der Waals surface area (Å²) in [5.74, 6) is 1.91. The molecule has 3 aromatic rings. The third-order valence-corrected chi connectivity index (χ3v) is 5.51. The number of rotatable bonds is 7. The summed E-state index contributed by atoms with van der Waals surface area (Å²) in [5, 5.41) is 11.8. The van der Waals surface area contributed by atoms with E-state index in [1.165, 1.54) is 18.4 Å². The highest BCUT2D eigenvalue weighted by molar-refractivity contribution is 5.87. The van der Waals surface area contributed by atoms with E-state index in [0.717, 1.165) is 47.6 Å². The Morgan fingerprint density at radius 3 is 2.62 bits per heavy atom. The molecule has 152 valence electrons. The molecule has 0 saturated heterocycles. The summed E-state index contributed by atoms with van der Waals surface area (Å²) < 4.78 is 1.85. The second-order valence-corrected chi connectivity index (χ2v) is 7.67. The van der Waals surface area contributed by atoms with Gasteiger partial charge in [0.15, 0.2) is 5.65 Å². The molecule has 1 fully saturated rings. The van der Waals surface area contributed by atoms with Gasteiger partial charge in [0.1, 0.15) is 11.6 Å². The predicted octanol–water partition coefficient (Wildman–Crippen LogP) is 3.40. The zero-order chi connectivity index (χ0) is 20.2. The highest BCUT2D eigenvalue weighted by Crippen LogP contribution is 2.25. The number of amides is 1. The molecule has 1 saturated carbocycles. The highest BCUT2D eigenvalue weighted by Gasteiger charge is 2.22. The SMILES string of the molecule is CCc1nc(NCCNC(=O)C2CCCC2)c2cnn(-c3ccc(C)cc3)c2n1. The van der Waals surface area contributed by atoms with Crippen LogP contribution in [0.4, 0.5) is 5.82 Å². The molecule has 4 rings (SSSR count). The molecule has 1 aliphatic rings. The van der Waals surface area contributed by atoms with Crippen LogP contribution < -0.4 is 10.6 Å².